The number of nitrogens with one attached hydrogen (secondary N) is 2. The SMILES string of the molecule is CC(NC(=O)COc1ccc2ccccc2c1Br)c1ncc(-c2ccccc2)[nH]1. The molecule has 0 aliphatic rings. The second-order valence-electron chi connectivity index (χ2n) is 6.72. The van der Waals surface area contributed by atoms with E-state index in [1.807, 2.05) is 73.7 Å². The molecule has 1 unspecified atom stereocenters. The van der Waals surface area contributed by atoms with Gasteiger partial charge in [-0.3, -0.25) is 4.79 Å². The van der Waals surface area contributed by atoms with Gasteiger partial charge in [0, 0.05) is 0 Å². The zero-order valence-corrected chi connectivity index (χ0v) is 17.4. The summed E-state index contributed by atoms with van der Waals surface area (Å²) in [6.07, 6.45) is 1.77. The third-order valence-corrected chi connectivity index (χ3v) is 5.47. The molecule has 6 heteroatoms. The molecular formula is C23H20BrN3O2. The van der Waals surface area contributed by atoms with E-state index in [4.69, 9.17) is 4.74 Å². The first kappa shape index (κ1) is 19.2. The van der Waals surface area contributed by atoms with Crippen LogP contribution in [0.4, 0.5) is 0 Å². The summed E-state index contributed by atoms with van der Waals surface area (Å²) in [6.45, 7) is 1.81. The van der Waals surface area contributed by atoms with Gasteiger partial charge in [-0.2, -0.15) is 0 Å². The van der Waals surface area contributed by atoms with E-state index in [1.54, 1.807) is 6.20 Å². The monoisotopic (exact) mass is 449 g/mol. The van der Waals surface area contributed by atoms with Gasteiger partial charge in [0.15, 0.2) is 6.61 Å². The first-order valence-electron chi connectivity index (χ1n) is 9.31. The molecule has 0 aliphatic heterocycles. The van der Waals surface area contributed by atoms with Gasteiger partial charge in [0.05, 0.1) is 22.4 Å². The second-order valence-corrected chi connectivity index (χ2v) is 7.52. The molecule has 0 saturated carbocycles. The number of fused-ring (bicyclic) bond motifs is 1. The molecule has 0 fully saturated rings. The summed E-state index contributed by atoms with van der Waals surface area (Å²) in [6, 6.07) is 21.5. The normalized spacial score (nSPS) is 11.9. The van der Waals surface area contributed by atoms with Crippen LogP contribution in [-0.4, -0.2) is 22.5 Å². The number of aromatic nitrogens is 2. The maximum absolute atomic E-state index is 12.4. The Balaban J connectivity index is 1.38. The molecule has 5 nitrogen and oxygen atoms in total. The summed E-state index contributed by atoms with van der Waals surface area (Å²) in [5.74, 6) is 1.12. The highest BCUT2D eigenvalue weighted by atomic mass is 79.9. The first-order valence-corrected chi connectivity index (χ1v) is 10.1. The highest BCUT2D eigenvalue weighted by molar-refractivity contribution is 9.10. The summed E-state index contributed by atoms with van der Waals surface area (Å²) >= 11 is 3.57. The average molecular weight is 450 g/mol. The molecule has 0 saturated heterocycles. The van der Waals surface area contributed by atoms with Crippen molar-refractivity contribution in [2.45, 2.75) is 13.0 Å². The molecular weight excluding hydrogens is 430 g/mol. The number of hydrogen-bond acceptors (Lipinski definition) is 3. The Hall–Kier alpha value is -3.12. The van der Waals surface area contributed by atoms with Crippen LogP contribution in [0.3, 0.4) is 0 Å². The minimum absolute atomic E-state index is 0.0759. The lowest BCUT2D eigenvalue weighted by atomic mass is 10.1. The van der Waals surface area contributed by atoms with Crippen molar-refractivity contribution in [3.8, 4) is 17.0 Å². The van der Waals surface area contributed by atoms with Crippen molar-refractivity contribution < 1.29 is 9.53 Å². The lowest BCUT2D eigenvalue weighted by molar-refractivity contribution is -0.123. The van der Waals surface area contributed by atoms with Crippen LogP contribution in [0.5, 0.6) is 5.75 Å². The van der Waals surface area contributed by atoms with Gasteiger partial charge in [-0.05, 0) is 45.3 Å². The fraction of sp³-hybridized carbons (Fsp3) is 0.130. The second kappa shape index (κ2) is 8.49. The summed E-state index contributed by atoms with van der Waals surface area (Å²) in [5, 5.41) is 5.07. The van der Waals surface area contributed by atoms with Crippen molar-refractivity contribution in [3.63, 3.8) is 0 Å². The average Bonchev–Trinajstić information content (AvgIpc) is 3.25. The standard InChI is InChI=1S/C23H20BrN3O2/c1-15(23-25-13-19(27-23)17-8-3-2-4-9-17)26-21(28)14-29-20-12-11-16-7-5-6-10-18(16)22(20)24/h2-13,15H,14H2,1H3,(H,25,27)(H,26,28). The number of aromatic amines is 1. The molecule has 1 amide bonds. The zero-order chi connectivity index (χ0) is 20.2. The van der Waals surface area contributed by atoms with Gasteiger partial charge in [-0.25, -0.2) is 4.98 Å². The fourth-order valence-electron chi connectivity index (χ4n) is 3.14. The van der Waals surface area contributed by atoms with Crippen molar-refractivity contribution >= 4 is 32.6 Å². The maximum Gasteiger partial charge on any atom is 0.258 e. The van der Waals surface area contributed by atoms with Crippen molar-refractivity contribution in [1.82, 2.24) is 15.3 Å². The number of carbonyl (C=O) groups is 1. The van der Waals surface area contributed by atoms with E-state index in [2.05, 4.69) is 31.2 Å². The molecule has 29 heavy (non-hydrogen) atoms. The summed E-state index contributed by atoms with van der Waals surface area (Å²) in [5.41, 5.74) is 1.97. The Bertz CT molecular complexity index is 1140. The molecule has 146 valence electrons. The number of benzene rings is 3. The lowest BCUT2D eigenvalue weighted by Gasteiger charge is -2.13. The van der Waals surface area contributed by atoms with Crippen LogP contribution in [0.1, 0.15) is 18.8 Å². The van der Waals surface area contributed by atoms with E-state index in [9.17, 15) is 4.79 Å². The van der Waals surface area contributed by atoms with Crippen LogP contribution in [0, 0.1) is 0 Å². The molecule has 0 aliphatic carbocycles. The predicted molar refractivity (Wildman–Crippen MR) is 118 cm³/mol. The number of H-pyrrole nitrogens is 1. The van der Waals surface area contributed by atoms with Gasteiger partial charge < -0.3 is 15.0 Å². The highest BCUT2D eigenvalue weighted by Gasteiger charge is 2.15. The summed E-state index contributed by atoms with van der Waals surface area (Å²) in [4.78, 5) is 20.0. The van der Waals surface area contributed by atoms with E-state index in [1.165, 1.54) is 0 Å². The van der Waals surface area contributed by atoms with Crippen LogP contribution in [0.2, 0.25) is 0 Å². The molecule has 4 aromatic rings. The van der Waals surface area contributed by atoms with Gasteiger partial charge in [-0.15, -0.1) is 0 Å². The van der Waals surface area contributed by atoms with Crippen molar-refractivity contribution in [2.75, 3.05) is 6.61 Å². The number of halogens is 1. The van der Waals surface area contributed by atoms with Crippen molar-refractivity contribution in [2.24, 2.45) is 0 Å². The molecule has 0 spiro atoms. The van der Waals surface area contributed by atoms with Gasteiger partial charge in [0.2, 0.25) is 0 Å². The minimum Gasteiger partial charge on any atom is -0.483 e. The number of rotatable bonds is 6. The molecule has 2 N–H and O–H groups in total. The van der Waals surface area contributed by atoms with E-state index in [-0.39, 0.29) is 18.6 Å². The number of carbonyl (C=O) groups excluding carboxylic acids is 1. The van der Waals surface area contributed by atoms with Crippen molar-refractivity contribution in [3.05, 3.63) is 83.2 Å². The lowest BCUT2D eigenvalue weighted by Crippen LogP contribution is -2.31. The number of nitrogens with zero attached hydrogens (tertiary/aromatic N) is 1. The Morgan fingerprint density at radius 1 is 1.10 bits per heavy atom. The Kier molecular flexibility index (Phi) is 5.62. The molecule has 1 atom stereocenters. The molecule has 0 bridgehead atoms. The largest absolute Gasteiger partial charge is 0.483 e. The minimum atomic E-state index is -0.261. The Morgan fingerprint density at radius 3 is 2.69 bits per heavy atom. The molecule has 1 aromatic heterocycles. The zero-order valence-electron chi connectivity index (χ0n) is 15.9. The Labute approximate surface area is 177 Å². The molecule has 0 radical (unpaired) electrons. The number of imidazole rings is 1. The van der Waals surface area contributed by atoms with E-state index in [0.717, 1.165) is 26.5 Å². The van der Waals surface area contributed by atoms with Crippen LogP contribution in [0.15, 0.2) is 77.4 Å². The highest BCUT2D eigenvalue weighted by Crippen LogP contribution is 2.33. The quantitative estimate of drug-likeness (QED) is 0.422. The van der Waals surface area contributed by atoms with Crippen LogP contribution in [0.25, 0.3) is 22.0 Å². The van der Waals surface area contributed by atoms with Gasteiger partial charge in [0.1, 0.15) is 11.6 Å². The number of hydrogen-bond donors (Lipinski definition) is 2. The maximum atomic E-state index is 12.4. The van der Waals surface area contributed by atoms with Gasteiger partial charge in [-0.1, -0.05) is 60.7 Å². The fourth-order valence-corrected chi connectivity index (χ4v) is 3.75. The molecule has 3 aromatic carbocycles. The number of amides is 1. The predicted octanol–water partition coefficient (Wildman–Crippen LogP) is 5.25. The van der Waals surface area contributed by atoms with Gasteiger partial charge in [0.25, 0.3) is 5.91 Å². The van der Waals surface area contributed by atoms with Crippen LogP contribution >= 0.6 is 15.9 Å². The first-order chi connectivity index (χ1) is 14.1. The summed E-state index contributed by atoms with van der Waals surface area (Å²) < 4.78 is 6.57. The van der Waals surface area contributed by atoms with Gasteiger partial charge >= 0.3 is 0 Å². The Morgan fingerprint density at radius 2 is 1.86 bits per heavy atom. The smallest absolute Gasteiger partial charge is 0.258 e. The van der Waals surface area contributed by atoms with Crippen molar-refractivity contribution in [1.29, 1.82) is 0 Å². The third kappa shape index (κ3) is 4.32. The number of ether oxygens (including phenoxy) is 1. The molecule has 4 rings (SSSR count). The van der Waals surface area contributed by atoms with E-state index in [0.29, 0.717) is 11.6 Å². The molecule has 1 heterocycles. The topological polar surface area (TPSA) is 67.0 Å². The van der Waals surface area contributed by atoms with Crippen LogP contribution < -0.4 is 10.1 Å². The van der Waals surface area contributed by atoms with E-state index < -0.39 is 0 Å². The summed E-state index contributed by atoms with van der Waals surface area (Å²) in [7, 11) is 0. The third-order valence-electron chi connectivity index (χ3n) is 4.65. The van der Waals surface area contributed by atoms with Crippen LogP contribution in [-0.2, 0) is 4.79 Å². The van der Waals surface area contributed by atoms with E-state index >= 15 is 0 Å².